The first kappa shape index (κ1) is 18.8. The molecular formula is C16H20FN3O5. The number of aliphatic hydroxyl groups excluding tert-OH is 1. The molecule has 9 heteroatoms. The summed E-state index contributed by atoms with van der Waals surface area (Å²) in [6.45, 7) is -0.0412. The minimum atomic E-state index is -1.04. The second kappa shape index (κ2) is 8.52. The topological polar surface area (TPSA) is 122 Å². The number of nitro benzene ring substituents is 1. The lowest BCUT2D eigenvalue weighted by Gasteiger charge is -2.26. The summed E-state index contributed by atoms with van der Waals surface area (Å²) in [6, 6.07) is 2.78. The van der Waals surface area contributed by atoms with Crippen molar-refractivity contribution in [2.45, 2.75) is 38.2 Å². The predicted octanol–water partition coefficient (Wildman–Crippen LogP) is 1.73. The van der Waals surface area contributed by atoms with E-state index in [-0.39, 0.29) is 18.2 Å². The summed E-state index contributed by atoms with van der Waals surface area (Å²) in [6.07, 6.45) is 4.29. The smallest absolute Gasteiger partial charge is 0.313 e. The van der Waals surface area contributed by atoms with Gasteiger partial charge in [-0.25, -0.2) is 0 Å². The number of amides is 2. The zero-order valence-corrected chi connectivity index (χ0v) is 13.5. The van der Waals surface area contributed by atoms with E-state index < -0.39 is 34.3 Å². The molecule has 0 aliphatic heterocycles. The number of halogens is 1. The molecule has 0 saturated heterocycles. The molecule has 0 spiro atoms. The average molecular weight is 353 g/mol. The van der Waals surface area contributed by atoms with Crippen LogP contribution in [-0.2, 0) is 9.59 Å². The molecule has 0 radical (unpaired) electrons. The molecule has 136 valence electrons. The van der Waals surface area contributed by atoms with E-state index in [1.54, 1.807) is 0 Å². The van der Waals surface area contributed by atoms with Gasteiger partial charge in [0.25, 0.3) is 0 Å². The van der Waals surface area contributed by atoms with Gasteiger partial charge in [-0.1, -0.05) is 19.3 Å². The molecule has 1 aliphatic carbocycles. The van der Waals surface area contributed by atoms with Crippen molar-refractivity contribution < 1.29 is 24.0 Å². The van der Waals surface area contributed by atoms with Gasteiger partial charge in [-0.2, -0.15) is 4.39 Å². The Morgan fingerprint density at radius 1 is 1.28 bits per heavy atom. The first-order valence-corrected chi connectivity index (χ1v) is 8.09. The summed E-state index contributed by atoms with van der Waals surface area (Å²) in [4.78, 5) is 33.3. The van der Waals surface area contributed by atoms with E-state index in [0.717, 1.165) is 50.3 Å². The minimum Gasteiger partial charge on any atom is -0.391 e. The molecule has 1 aromatic rings. The van der Waals surface area contributed by atoms with Crippen molar-refractivity contribution in [1.29, 1.82) is 0 Å². The van der Waals surface area contributed by atoms with Gasteiger partial charge in [0.2, 0.25) is 5.82 Å². The number of benzene rings is 1. The second-order valence-electron chi connectivity index (χ2n) is 6.05. The van der Waals surface area contributed by atoms with Crippen molar-refractivity contribution >= 4 is 23.2 Å². The van der Waals surface area contributed by atoms with Crippen LogP contribution in [0.3, 0.4) is 0 Å². The van der Waals surface area contributed by atoms with Crippen LogP contribution in [0, 0.1) is 21.8 Å². The van der Waals surface area contributed by atoms with Gasteiger partial charge in [0.1, 0.15) is 0 Å². The molecule has 1 fully saturated rings. The maximum atomic E-state index is 13.2. The summed E-state index contributed by atoms with van der Waals surface area (Å²) in [5, 5.41) is 25.2. The number of nitrogens with zero attached hydrogens (tertiary/aromatic N) is 1. The van der Waals surface area contributed by atoms with Crippen LogP contribution in [0.1, 0.15) is 32.1 Å². The van der Waals surface area contributed by atoms with Crippen LogP contribution in [0.4, 0.5) is 15.8 Å². The van der Waals surface area contributed by atoms with Gasteiger partial charge in [0.15, 0.2) is 0 Å². The van der Waals surface area contributed by atoms with Crippen molar-refractivity contribution in [2.24, 2.45) is 5.92 Å². The van der Waals surface area contributed by atoms with Crippen LogP contribution >= 0.6 is 0 Å². The third-order valence-corrected chi connectivity index (χ3v) is 4.27. The fourth-order valence-electron chi connectivity index (χ4n) is 2.88. The number of aliphatic hydroxyl groups is 1. The van der Waals surface area contributed by atoms with Gasteiger partial charge in [0.05, 0.1) is 11.0 Å². The SMILES string of the molecule is O=C(NCC(O)C1CCCCC1)C(=O)Nc1ccc(F)c([N+](=O)[O-])c1. The van der Waals surface area contributed by atoms with Crippen LogP contribution in [0.25, 0.3) is 0 Å². The molecule has 1 atom stereocenters. The van der Waals surface area contributed by atoms with E-state index in [1.165, 1.54) is 0 Å². The summed E-state index contributed by atoms with van der Waals surface area (Å²) >= 11 is 0. The molecule has 0 bridgehead atoms. The van der Waals surface area contributed by atoms with Gasteiger partial charge in [0, 0.05) is 18.3 Å². The van der Waals surface area contributed by atoms with Crippen LogP contribution in [0.2, 0.25) is 0 Å². The molecule has 8 nitrogen and oxygen atoms in total. The lowest BCUT2D eigenvalue weighted by Crippen LogP contribution is -2.42. The van der Waals surface area contributed by atoms with Gasteiger partial charge < -0.3 is 15.7 Å². The molecule has 1 saturated carbocycles. The summed E-state index contributed by atoms with van der Waals surface area (Å²) in [7, 11) is 0. The molecule has 0 heterocycles. The quantitative estimate of drug-likeness (QED) is 0.423. The summed E-state index contributed by atoms with van der Waals surface area (Å²) in [5.74, 6) is -2.95. The number of carbonyl (C=O) groups is 2. The highest BCUT2D eigenvalue weighted by molar-refractivity contribution is 6.39. The Morgan fingerprint density at radius 3 is 2.60 bits per heavy atom. The highest BCUT2D eigenvalue weighted by atomic mass is 19.1. The van der Waals surface area contributed by atoms with Crippen molar-refractivity contribution in [1.82, 2.24) is 5.32 Å². The lowest BCUT2D eigenvalue weighted by atomic mass is 9.85. The number of carbonyl (C=O) groups excluding carboxylic acids is 2. The maximum Gasteiger partial charge on any atom is 0.313 e. The second-order valence-corrected chi connectivity index (χ2v) is 6.05. The molecule has 1 aliphatic rings. The number of rotatable bonds is 5. The Hall–Kier alpha value is -2.55. The molecule has 1 unspecified atom stereocenters. The van der Waals surface area contributed by atoms with Crippen LogP contribution in [-0.4, -0.2) is 34.5 Å². The van der Waals surface area contributed by atoms with Gasteiger partial charge in [-0.05, 0) is 30.9 Å². The van der Waals surface area contributed by atoms with Crippen molar-refractivity contribution in [3.05, 3.63) is 34.1 Å². The van der Waals surface area contributed by atoms with Gasteiger partial charge in [-0.3, -0.25) is 19.7 Å². The Balaban J connectivity index is 1.86. The van der Waals surface area contributed by atoms with E-state index in [2.05, 4.69) is 10.6 Å². The number of nitrogens with one attached hydrogen (secondary N) is 2. The van der Waals surface area contributed by atoms with Crippen molar-refractivity contribution in [3.8, 4) is 0 Å². The zero-order chi connectivity index (χ0) is 18.4. The fraction of sp³-hybridized carbons (Fsp3) is 0.500. The molecule has 2 rings (SSSR count). The summed E-state index contributed by atoms with van der Waals surface area (Å²) < 4.78 is 13.2. The Morgan fingerprint density at radius 2 is 1.96 bits per heavy atom. The van der Waals surface area contributed by atoms with Crippen LogP contribution in [0.5, 0.6) is 0 Å². The van der Waals surface area contributed by atoms with E-state index in [4.69, 9.17) is 0 Å². The maximum absolute atomic E-state index is 13.2. The number of nitro groups is 1. The summed E-state index contributed by atoms with van der Waals surface area (Å²) in [5.41, 5.74) is -0.869. The fourth-order valence-corrected chi connectivity index (χ4v) is 2.88. The van der Waals surface area contributed by atoms with Gasteiger partial charge in [-0.15, -0.1) is 0 Å². The molecule has 0 aromatic heterocycles. The molecule has 3 N–H and O–H groups in total. The first-order chi connectivity index (χ1) is 11.9. The van der Waals surface area contributed by atoms with Crippen molar-refractivity contribution in [3.63, 3.8) is 0 Å². The Bertz CT molecular complexity index is 661. The van der Waals surface area contributed by atoms with Crippen LogP contribution < -0.4 is 10.6 Å². The first-order valence-electron chi connectivity index (χ1n) is 8.09. The van der Waals surface area contributed by atoms with E-state index in [0.29, 0.717) is 0 Å². The Labute approximate surface area is 143 Å². The van der Waals surface area contributed by atoms with E-state index >= 15 is 0 Å². The minimum absolute atomic E-state index is 0.0412. The highest BCUT2D eigenvalue weighted by Crippen LogP contribution is 2.26. The zero-order valence-electron chi connectivity index (χ0n) is 13.5. The number of anilines is 1. The molecule has 25 heavy (non-hydrogen) atoms. The Kier molecular flexibility index (Phi) is 6.40. The highest BCUT2D eigenvalue weighted by Gasteiger charge is 2.23. The van der Waals surface area contributed by atoms with E-state index in [9.17, 15) is 29.2 Å². The largest absolute Gasteiger partial charge is 0.391 e. The molecule has 1 aromatic carbocycles. The van der Waals surface area contributed by atoms with E-state index in [1.807, 2.05) is 0 Å². The van der Waals surface area contributed by atoms with Gasteiger partial charge >= 0.3 is 17.5 Å². The number of hydrogen-bond acceptors (Lipinski definition) is 5. The molecule has 2 amide bonds. The monoisotopic (exact) mass is 353 g/mol. The lowest BCUT2D eigenvalue weighted by molar-refractivity contribution is -0.387. The normalized spacial score (nSPS) is 16.1. The predicted molar refractivity (Wildman–Crippen MR) is 87.3 cm³/mol. The van der Waals surface area contributed by atoms with Crippen molar-refractivity contribution in [2.75, 3.05) is 11.9 Å². The average Bonchev–Trinajstić information content (AvgIpc) is 2.61. The standard InChI is InChI=1S/C16H20FN3O5/c17-12-7-6-11(8-13(12)20(24)25)19-16(23)15(22)18-9-14(21)10-4-2-1-3-5-10/h6-8,10,14,21H,1-5,9H2,(H,18,22)(H,19,23). The third-order valence-electron chi connectivity index (χ3n) is 4.27. The third kappa shape index (κ3) is 5.21. The molecular weight excluding hydrogens is 333 g/mol. The number of hydrogen-bond donors (Lipinski definition) is 3. The van der Waals surface area contributed by atoms with Crippen LogP contribution in [0.15, 0.2) is 18.2 Å².